The Morgan fingerprint density at radius 2 is 1.92 bits per heavy atom. The normalized spacial score (nSPS) is 20.5. The number of hydrogen-bond donors (Lipinski definition) is 3. The molecule has 1 aromatic carbocycles. The van der Waals surface area contributed by atoms with Gasteiger partial charge in [-0.2, -0.15) is 0 Å². The van der Waals surface area contributed by atoms with E-state index in [-0.39, 0.29) is 40.8 Å². The van der Waals surface area contributed by atoms with Gasteiger partial charge >= 0.3 is 5.97 Å². The third-order valence-corrected chi connectivity index (χ3v) is 6.52. The predicted molar refractivity (Wildman–Crippen MR) is 137 cm³/mol. The van der Waals surface area contributed by atoms with E-state index >= 15 is 0 Å². The molecule has 0 saturated carbocycles. The molecule has 3 rings (SSSR count). The van der Waals surface area contributed by atoms with Gasteiger partial charge in [0.15, 0.2) is 6.61 Å². The molecule has 1 aromatic rings. The Kier molecular flexibility index (Phi) is 10.6. The van der Waals surface area contributed by atoms with Crippen LogP contribution in [0.4, 0.5) is 0 Å². The number of carbonyl (C=O) groups is 2. The minimum Gasteiger partial charge on any atom is -0.507 e. The maximum absolute atomic E-state index is 13.1. The van der Waals surface area contributed by atoms with Gasteiger partial charge in [0, 0.05) is 32.0 Å². The number of carbonyl (C=O) groups excluding carboxylic acids is 2. The molecule has 2 aliphatic rings. The van der Waals surface area contributed by atoms with E-state index in [0.717, 1.165) is 38.2 Å². The van der Waals surface area contributed by atoms with Crippen molar-refractivity contribution in [2.24, 2.45) is 10.9 Å². The van der Waals surface area contributed by atoms with Crippen LogP contribution in [0.5, 0.6) is 11.5 Å². The highest BCUT2D eigenvalue weighted by Gasteiger charge is 2.26. The van der Waals surface area contributed by atoms with Crippen molar-refractivity contribution in [3.05, 3.63) is 46.5 Å². The van der Waals surface area contributed by atoms with Gasteiger partial charge < -0.3 is 30.4 Å². The second-order valence-electron chi connectivity index (χ2n) is 8.85. The van der Waals surface area contributed by atoms with Crippen molar-refractivity contribution < 1.29 is 29.4 Å². The zero-order chi connectivity index (χ0) is 25.9. The first-order valence-corrected chi connectivity index (χ1v) is 12.7. The number of phenols is 2. The van der Waals surface area contributed by atoms with Gasteiger partial charge in [-0.1, -0.05) is 35.0 Å². The Balaban J connectivity index is 1.90. The second-order valence-corrected chi connectivity index (χ2v) is 9.23. The third-order valence-electron chi connectivity index (χ3n) is 6.10. The molecule has 1 atom stereocenters. The van der Waals surface area contributed by atoms with Crippen molar-refractivity contribution in [3.63, 3.8) is 0 Å². The van der Waals surface area contributed by atoms with E-state index in [1.807, 2.05) is 18.2 Å². The number of benzene rings is 1. The lowest BCUT2D eigenvalue weighted by atomic mass is 9.99. The number of fused-ring (bicyclic) bond motifs is 1. The summed E-state index contributed by atoms with van der Waals surface area (Å²) in [5.41, 5.74) is 6.03. The molecule has 9 nitrogen and oxygen atoms in total. The molecule has 1 unspecified atom stereocenters. The maximum Gasteiger partial charge on any atom is 0.342 e. The van der Waals surface area contributed by atoms with E-state index in [1.165, 1.54) is 0 Å². The average Bonchev–Trinajstić information content (AvgIpc) is 2.86. The van der Waals surface area contributed by atoms with E-state index in [1.54, 1.807) is 11.0 Å². The molecule has 1 amide bonds. The number of hydrogen-bond acceptors (Lipinski definition) is 8. The number of amides is 1. The Hall–Kier alpha value is -3.04. The summed E-state index contributed by atoms with van der Waals surface area (Å²) in [6, 6.07) is 1.00. The Morgan fingerprint density at radius 3 is 2.67 bits per heavy atom. The number of aromatic hydroxyl groups is 2. The van der Waals surface area contributed by atoms with Gasteiger partial charge in [0.25, 0.3) is 5.91 Å². The molecule has 0 bridgehead atoms. The number of esters is 1. The number of halogens is 1. The van der Waals surface area contributed by atoms with Crippen molar-refractivity contribution in [1.82, 2.24) is 4.90 Å². The van der Waals surface area contributed by atoms with Gasteiger partial charge in [0.05, 0.1) is 10.7 Å². The Morgan fingerprint density at radius 1 is 1.17 bits per heavy atom. The molecular formula is C26H34ClN3O6. The summed E-state index contributed by atoms with van der Waals surface area (Å²) < 4.78 is 5.64. The van der Waals surface area contributed by atoms with Crippen LogP contribution in [0.3, 0.4) is 0 Å². The fourth-order valence-electron chi connectivity index (χ4n) is 4.18. The molecule has 196 valence electrons. The number of piperidine rings is 1. The van der Waals surface area contributed by atoms with Crippen molar-refractivity contribution in [2.45, 2.75) is 57.5 Å². The van der Waals surface area contributed by atoms with Crippen molar-refractivity contribution in [2.75, 3.05) is 26.2 Å². The molecule has 0 aliphatic carbocycles. The highest BCUT2D eigenvalue weighted by Crippen LogP contribution is 2.37. The molecule has 4 N–H and O–H groups in total. The van der Waals surface area contributed by atoms with Crippen LogP contribution in [0.25, 0.3) is 0 Å². The summed E-state index contributed by atoms with van der Waals surface area (Å²) in [7, 11) is 0. The first-order valence-electron chi connectivity index (χ1n) is 12.3. The molecule has 36 heavy (non-hydrogen) atoms. The topological polar surface area (TPSA) is 135 Å². The van der Waals surface area contributed by atoms with E-state index in [9.17, 15) is 19.8 Å². The number of nitrogens with zero attached hydrogens (tertiary/aromatic N) is 2. The van der Waals surface area contributed by atoms with Crippen LogP contribution >= 0.6 is 11.6 Å². The highest BCUT2D eigenvalue weighted by atomic mass is 35.5. The number of likely N-dealkylation sites (tertiary alicyclic amines) is 1. The van der Waals surface area contributed by atoms with Crippen LogP contribution in [-0.2, 0) is 20.8 Å². The Labute approximate surface area is 216 Å². The smallest absolute Gasteiger partial charge is 0.342 e. The molecule has 2 heterocycles. The largest absolute Gasteiger partial charge is 0.507 e. The van der Waals surface area contributed by atoms with Gasteiger partial charge in [-0.25, -0.2) is 4.79 Å². The lowest BCUT2D eigenvalue weighted by molar-refractivity contribution is -0.137. The van der Waals surface area contributed by atoms with E-state index in [0.29, 0.717) is 38.2 Å². The summed E-state index contributed by atoms with van der Waals surface area (Å²) >= 11 is 6.37. The monoisotopic (exact) mass is 519 g/mol. The summed E-state index contributed by atoms with van der Waals surface area (Å²) in [4.78, 5) is 32.7. The van der Waals surface area contributed by atoms with Crippen LogP contribution in [0.2, 0.25) is 5.02 Å². The summed E-state index contributed by atoms with van der Waals surface area (Å²) in [5, 5.41) is 24.8. The first kappa shape index (κ1) is 27.5. The van der Waals surface area contributed by atoms with Gasteiger partial charge in [0.1, 0.15) is 23.2 Å². The second kappa shape index (κ2) is 13.9. The predicted octanol–water partition coefficient (Wildman–Crippen LogP) is 3.85. The number of oxime groups is 1. The summed E-state index contributed by atoms with van der Waals surface area (Å²) in [6.45, 7) is 1.53. The van der Waals surface area contributed by atoms with Crippen molar-refractivity contribution >= 4 is 29.2 Å². The molecule has 0 aromatic heterocycles. The molecule has 0 spiro atoms. The maximum atomic E-state index is 13.1. The van der Waals surface area contributed by atoms with E-state index in [2.05, 4.69) is 5.16 Å². The molecule has 0 radical (unpaired) electrons. The number of cyclic esters (lactones) is 1. The zero-order valence-electron chi connectivity index (χ0n) is 20.3. The lowest BCUT2D eigenvalue weighted by Gasteiger charge is -2.26. The SMILES string of the molecule is NCCC1CC=CCCC=CC(=NOCC(=O)N2CCCCC2)Cc2c(Cl)c(O)cc(O)c2C(=O)O1. The average molecular weight is 520 g/mol. The molecule has 1 saturated heterocycles. The third kappa shape index (κ3) is 7.73. The molecule has 1 fully saturated rings. The lowest BCUT2D eigenvalue weighted by Crippen LogP contribution is -2.37. The van der Waals surface area contributed by atoms with E-state index < -0.39 is 17.8 Å². The van der Waals surface area contributed by atoms with E-state index in [4.69, 9.17) is 26.9 Å². The molecule has 10 heteroatoms. The van der Waals surface area contributed by atoms with Crippen LogP contribution in [0.15, 0.2) is 35.5 Å². The van der Waals surface area contributed by atoms with Crippen molar-refractivity contribution in [1.29, 1.82) is 0 Å². The number of allylic oxidation sites excluding steroid dienone is 3. The van der Waals surface area contributed by atoms with Gasteiger partial charge in [0.2, 0.25) is 0 Å². The minimum atomic E-state index is -0.780. The molecule has 2 aliphatic heterocycles. The van der Waals surface area contributed by atoms with Crippen LogP contribution in [0.1, 0.15) is 60.9 Å². The first-order chi connectivity index (χ1) is 17.4. The minimum absolute atomic E-state index is 0.0446. The van der Waals surface area contributed by atoms with Crippen LogP contribution in [0, 0.1) is 0 Å². The number of rotatable bonds is 5. The standard InChI is InChI=1S/C26H34ClN3O6/c27-25-20-15-18(29-35-17-23(33)30-13-7-4-8-14-30)9-5-2-1-3-6-10-19(11-12-28)36-26(34)24(20)21(31)16-22(25)32/h3,5-6,9,16,19,31-32H,1-2,4,7-8,10-15,17,28H2. The number of nitrogens with two attached hydrogens (primary N) is 1. The van der Waals surface area contributed by atoms with Crippen molar-refractivity contribution in [3.8, 4) is 11.5 Å². The van der Waals surface area contributed by atoms with Gasteiger partial charge in [-0.15, -0.1) is 0 Å². The summed E-state index contributed by atoms with van der Waals surface area (Å²) in [6.07, 6.45) is 12.5. The van der Waals surface area contributed by atoms with Gasteiger partial charge in [-0.3, -0.25) is 4.79 Å². The molecular weight excluding hydrogens is 486 g/mol. The summed E-state index contributed by atoms with van der Waals surface area (Å²) in [5.74, 6) is -1.77. The Bertz CT molecular complexity index is 1020. The fourth-order valence-corrected chi connectivity index (χ4v) is 4.40. The fraction of sp³-hybridized carbons (Fsp3) is 0.500. The number of ether oxygens (including phenoxy) is 1. The van der Waals surface area contributed by atoms with Crippen LogP contribution in [-0.4, -0.2) is 65.0 Å². The highest BCUT2D eigenvalue weighted by molar-refractivity contribution is 6.33. The quantitative estimate of drug-likeness (QED) is 0.305. The number of phenolic OH excluding ortho intramolecular Hbond substituents is 2. The van der Waals surface area contributed by atoms with Crippen LogP contribution < -0.4 is 5.73 Å². The zero-order valence-corrected chi connectivity index (χ0v) is 21.1. The van der Waals surface area contributed by atoms with Gasteiger partial charge in [-0.05, 0) is 56.7 Å².